The second-order valence-electron chi connectivity index (χ2n) is 8.12. The monoisotopic (exact) mass is 586 g/mol. The van der Waals surface area contributed by atoms with Crippen molar-refractivity contribution in [3.8, 4) is 17.2 Å². The van der Waals surface area contributed by atoms with Gasteiger partial charge in [0.1, 0.15) is 12.4 Å². The highest BCUT2D eigenvalue weighted by Gasteiger charge is 2.34. The molecule has 0 aliphatic carbocycles. The van der Waals surface area contributed by atoms with Crippen LogP contribution in [0.2, 0.25) is 10.0 Å². The van der Waals surface area contributed by atoms with Gasteiger partial charge in [-0.2, -0.15) is 0 Å². The fraction of sp³-hybridized carbons (Fsp3) is 0.179. The van der Waals surface area contributed by atoms with Crippen molar-refractivity contribution in [1.82, 2.24) is 4.90 Å². The Balaban J connectivity index is 1.37. The first kappa shape index (κ1) is 28.4. The maximum absolute atomic E-state index is 12.9. The second kappa shape index (κ2) is 13.4. The van der Waals surface area contributed by atoms with E-state index in [0.717, 1.165) is 16.7 Å². The molecule has 1 fully saturated rings. The molecule has 0 bridgehead atoms. The Kier molecular flexibility index (Phi) is 9.75. The molecule has 4 rings (SSSR count). The van der Waals surface area contributed by atoms with Gasteiger partial charge in [-0.05, 0) is 84.9 Å². The summed E-state index contributed by atoms with van der Waals surface area (Å²) in [5, 5.41) is 3.43. The molecule has 0 saturated carbocycles. The lowest BCUT2D eigenvalue weighted by Gasteiger charge is -2.13. The summed E-state index contributed by atoms with van der Waals surface area (Å²) in [6, 6.07) is 18.7. The van der Waals surface area contributed by atoms with Crippen LogP contribution in [-0.2, 0) is 9.59 Å². The number of ether oxygens (including phenoxy) is 3. The minimum Gasteiger partial charge on any atom is -0.492 e. The normalized spacial score (nSPS) is 14.0. The first-order valence-corrected chi connectivity index (χ1v) is 13.5. The highest BCUT2D eigenvalue weighted by Crippen LogP contribution is 2.34. The number of carbonyl (C=O) groups is 3. The lowest BCUT2D eigenvalue weighted by Crippen LogP contribution is -2.32. The molecule has 1 heterocycles. The molecular formula is C28H24Cl2N2O6S. The van der Waals surface area contributed by atoms with Crippen LogP contribution in [0.15, 0.2) is 71.6 Å². The molecular weight excluding hydrogens is 563 g/mol. The maximum atomic E-state index is 12.9. The van der Waals surface area contributed by atoms with E-state index >= 15 is 0 Å². The van der Waals surface area contributed by atoms with E-state index in [0.29, 0.717) is 45.2 Å². The molecule has 0 unspecified atom stereocenters. The SMILES string of the molecule is CCOc1cc(/C=C2\SC(=O)N(CCOc3ccc(Cl)cc3)C2=O)ccc1OCC(=O)Nc1cccc(Cl)c1. The number of nitrogens with zero attached hydrogens (tertiary/aromatic N) is 1. The number of rotatable bonds is 11. The smallest absolute Gasteiger partial charge is 0.293 e. The Labute approximate surface area is 239 Å². The molecule has 0 atom stereocenters. The molecule has 1 N–H and O–H groups in total. The van der Waals surface area contributed by atoms with Crippen molar-refractivity contribution in [1.29, 1.82) is 0 Å². The lowest BCUT2D eigenvalue weighted by molar-refractivity contribution is -0.123. The van der Waals surface area contributed by atoms with Crippen molar-refractivity contribution in [3.63, 3.8) is 0 Å². The molecule has 1 aliphatic rings. The standard InChI is InChI=1S/C28H24Cl2N2O6S/c1-2-36-24-14-18(6-11-23(24)38-17-26(33)31-21-5-3-4-20(30)16-21)15-25-27(34)32(28(35)39-25)12-13-37-22-9-7-19(29)8-10-22/h3-11,14-16H,2,12-13,17H2,1H3,(H,31,33)/b25-15-. The van der Waals surface area contributed by atoms with Crippen LogP contribution in [0, 0.1) is 0 Å². The van der Waals surface area contributed by atoms with Gasteiger partial charge < -0.3 is 19.5 Å². The first-order chi connectivity index (χ1) is 18.8. The summed E-state index contributed by atoms with van der Waals surface area (Å²) < 4.78 is 17.0. The number of carbonyl (C=O) groups excluding carboxylic acids is 3. The highest BCUT2D eigenvalue weighted by molar-refractivity contribution is 8.18. The molecule has 0 spiro atoms. The number of hydrogen-bond acceptors (Lipinski definition) is 7. The van der Waals surface area contributed by atoms with Gasteiger partial charge in [-0.25, -0.2) is 0 Å². The van der Waals surface area contributed by atoms with E-state index in [1.54, 1.807) is 72.8 Å². The lowest BCUT2D eigenvalue weighted by atomic mass is 10.2. The summed E-state index contributed by atoms with van der Waals surface area (Å²) in [5.41, 5.74) is 1.19. The van der Waals surface area contributed by atoms with E-state index in [4.69, 9.17) is 37.4 Å². The fourth-order valence-electron chi connectivity index (χ4n) is 3.54. The summed E-state index contributed by atoms with van der Waals surface area (Å²) in [7, 11) is 0. The zero-order chi connectivity index (χ0) is 27.8. The number of nitrogens with one attached hydrogen (secondary N) is 1. The number of hydrogen-bond donors (Lipinski definition) is 1. The van der Waals surface area contributed by atoms with Gasteiger partial charge in [-0.1, -0.05) is 35.3 Å². The third kappa shape index (κ3) is 7.92. The first-order valence-electron chi connectivity index (χ1n) is 11.9. The molecule has 202 valence electrons. The fourth-order valence-corrected chi connectivity index (χ4v) is 4.72. The van der Waals surface area contributed by atoms with Gasteiger partial charge in [0.05, 0.1) is 18.1 Å². The van der Waals surface area contributed by atoms with Crippen LogP contribution < -0.4 is 19.5 Å². The van der Waals surface area contributed by atoms with E-state index in [-0.39, 0.29) is 35.8 Å². The van der Waals surface area contributed by atoms with Gasteiger partial charge in [-0.3, -0.25) is 19.3 Å². The molecule has 11 heteroatoms. The number of anilines is 1. The third-order valence-corrected chi connectivity index (χ3v) is 6.70. The largest absolute Gasteiger partial charge is 0.492 e. The van der Waals surface area contributed by atoms with Gasteiger partial charge in [0.15, 0.2) is 18.1 Å². The van der Waals surface area contributed by atoms with Crippen molar-refractivity contribution in [2.75, 3.05) is 31.7 Å². The van der Waals surface area contributed by atoms with Gasteiger partial charge in [0, 0.05) is 15.7 Å². The molecule has 3 aromatic rings. The van der Waals surface area contributed by atoms with Crippen molar-refractivity contribution < 1.29 is 28.6 Å². The molecule has 8 nitrogen and oxygen atoms in total. The van der Waals surface area contributed by atoms with Gasteiger partial charge in [0.2, 0.25) is 0 Å². The minimum absolute atomic E-state index is 0.110. The average Bonchev–Trinajstić information content (AvgIpc) is 3.17. The van der Waals surface area contributed by atoms with E-state index in [1.165, 1.54) is 0 Å². The van der Waals surface area contributed by atoms with Gasteiger partial charge >= 0.3 is 0 Å². The number of thioether (sulfide) groups is 1. The van der Waals surface area contributed by atoms with Crippen LogP contribution in [0.3, 0.4) is 0 Å². The van der Waals surface area contributed by atoms with Crippen molar-refractivity contribution in [3.05, 3.63) is 87.2 Å². The van der Waals surface area contributed by atoms with Crippen molar-refractivity contribution in [2.45, 2.75) is 6.92 Å². The molecule has 1 saturated heterocycles. The highest BCUT2D eigenvalue weighted by atomic mass is 35.5. The summed E-state index contributed by atoms with van der Waals surface area (Å²) in [4.78, 5) is 39.1. The predicted octanol–water partition coefficient (Wildman–Crippen LogP) is 6.52. The van der Waals surface area contributed by atoms with E-state index < -0.39 is 5.91 Å². The second-order valence-corrected chi connectivity index (χ2v) is 9.99. The zero-order valence-corrected chi connectivity index (χ0v) is 23.1. The van der Waals surface area contributed by atoms with Crippen molar-refractivity contribution in [2.24, 2.45) is 0 Å². The molecule has 0 aromatic heterocycles. The Morgan fingerprint density at radius 3 is 2.49 bits per heavy atom. The van der Waals surface area contributed by atoms with Crippen LogP contribution in [0.25, 0.3) is 6.08 Å². The Hall–Kier alpha value is -3.66. The molecule has 3 amide bonds. The summed E-state index contributed by atoms with van der Waals surface area (Å²) in [6.45, 7) is 2.19. The van der Waals surface area contributed by atoms with E-state index in [9.17, 15) is 14.4 Å². The van der Waals surface area contributed by atoms with Crippen LogP contribution in [0.5, 0.6) is 17.2 Å². The Morgan fingerprint density at radius 2 is 1.74 bits per heavy atom. The van der Waals surface area contributed by atoms with E-state index in [1.807, 2.05) is 6.92 Å². The topological polar surface area (TPSA) is 94.2 Å². The van der Waals surface area contributed by atoms with Crippen molar-refractivity contribution >= 4 is 63.8 Å². The summed E-state index contributed by atoms with van der Waals surface area (Å²) in [5.74, 6) is 0.591. The van der Waals surface area contributed by atoms with Gasteiger partial charge in [0.25, 0.3) is 17.1 Å². The molecule has 3 aromatic carbocycles. The van der Waals surface area contributed by atoms with E-state index in [2.05, 4.69) is 5.32 Å². The van der Waals surface area contributed by atoms with Crippen LogP contribution in [0.1, 0.15) is 12.5 Å². The molecule has 0 radical (unpaired) electrons. The maximum Gasteiger partial charge on any atom is 0.293 e. The summed E-state index contributed by atoms with van der Waals surface area (Å²) >= 11 is 12.7. The minimum atomic E-state index is -0.402. The third-order valence-electron chi connectivity index (χ3n) is 5.30. The zero-order valence-electron chi connectivity index (χ0n) is 20.8. The number of imide groups is 1. The summed E-state index contributed by atoms with van der Waals surface area (Å²) in [6.07, 6.45) is 1.61. The molecule has 39 heavy (non-hydrogen) atoms. The Bertz CT molecular complexity index is 1400. The quantitative estimate of drug-likeness (QED) is 0.255. The number of halogens is 2. The van der Waals surface area contributed by atoms with Crippen LogP contribution in [0.4, 0.5) is 10.5 Å². The number of benzene rings is 3. The number of amides is 3. The van der Waals surface area contributed by atoms with Crippen LogP contribution >= 0.6 is 35.0 Å². The van der Waals surface area contributed by atoms with Gasteiger partial charge in [-0.15, -0.1) is 0 Å². The predicted molar refractivity (Wildman–Crippen MR) is 153 cm³/mol. The molecule has 1 aliphatic heterocycles. The Morgan fingerprint density at radius 1 is 0.949 bits per heavy atom. The average molecular weight is 587 g/mol. The van der Waals surface area contributed by atoms with Crippen LogP contribution in [-0.4, -0.2) is 48.3 Å².